The minimum Gasteiger partial charge on any atom is -0.340 e. The Labute approximate surface area is 150 Å². The number of aryl methyl sites for hydroxylation is 1. The van der Waals surface area contributed by atoms with Gasteiger partial charge < -0.3 is 14.8 Å². The SMILES string of the molecule is Cc1ncc2c(n1)c1c(n2CCN2[C@H](C)CNC[C@H]2C)CCN(C)C1. The molecule has 1 saturated heterocycles. The molecule has 0 bridgehead atoms. The van der Waals surface area contributed by atoms with Gasteiger partial charge in [-0.2, -0.15) is 0 Å². The summed E-state index contributed by atoms with van der Waals surface area (Å²) < 4.78 is 2.50. The van der Waals surface area contributed by atoms with Gasteiger partial charge in [0.1, 0.15) is 5.82 Å². The molecule has 0 amide bonds. The third-order valence-corrected chi connectivity index (χ3v) is 5.89. The van der Waals surface area contributed by atoms with Crippen molar-refractivity contribution in [1.29, 1.82) is 0 Å². The topological polar surface area (TPSA) is 49.2 Å². The van der Waals surface area contributed by atoms with Crippen LogP contribution in [0, 0.1) is 6.92 Å². The Bertz CT molecular complexity index is 757. The van der Waals surface area contributed by atoms with Crippen LogP contribution in [-0.2, 0) is 19.5 Å². The minimum atomic E-state index is 0.589. The first-order valence-electron chi connectivity index (χ1n) is 9.53. The van der Waals surface area contributed by atoms with Crippen molar-refractivity contribution in [2.75, 3.05) is 33.2 Å². The number of aromatic nitrogens is 3. The Hall–Kier alpha value is -1.50. The van der Waals surface area contributed by atoms with Crippen LogP contribution in [0.15, 0.2) is 6.20 Å². The highest BCUT2D eigenvalue weighted by atomic mass is 15.3. The minimum absolute atomic E-state index is 0.589. The van der Waals surface area contributed by atoms with Gasteiger partial charge in [0.25, 0.3) is 0 Å². The van der Waals surface area contributed by atoms with E-state index in [1.165, 1.54) is 16.8 Å². The standard InChI is InChI=1S/C19H30N6/c1-13-9-20-10-14(2)24(13)7-8-25-17-5-6-23(4)12-16(17)19-18(25)11-21-15(3)22-19/h11,13-14,20H,5-10,12H2,1-4H3/t13-,14-/m1/s1. The predicted molar refractivity (Wildman–Crippen MR) is 101 cm³/mol. The summed E-state index contributed by atoms with van der Waals surface area (Å²) in [7, 11) is 2.20. The van der Waals surface area contributed by atoms with Crippen LogP contribution in [0.4, 0.5) is 0 Å². The Balaban J connectivity index is 1.67. The van der Waals surface area contributed by atoms with Gasteiger partial charge in [0.05, 0.1) is 17.2 Å². The molecule has 0 unspecified atom stereocenters. The van der Waals surface area contributed by atoms with Crippen molar-refractivity contribution in [3.8, 4) is 0 Å². The van der Waals surface area contributed by atoms with Gasteiger partial charge >= 0.3 is 0 Å². The van der Waals surface area contributed by atoms with Gasteiger partial charge in [-0.3, -0.25) is 4.90 Å². The lowest BCUT2D eigenvalue weighted by Crippen LogP contribution is -2.55. The molecular formula is C19H30N6. The Morgan fingerprint density at radius 1 is 1.20 bits per heavy atom. The van der Waals surface area contributed by atoms with E-state index in [4.69, 9.17) is 4.98 Å². The molecule has 4 rings (SSSR count). The first-order chi connectivity index (χ1) is 12.0. The van der Waals surface area contributed by atoms with Crippen LogP contribution in [0.25, 0.3) is 11.0 Å². The van der Waals surface area contributed by atoms with Crippen molar-refractivity contribution in [3.05, 3.63) is 23.3 Å². The zero-order valence-corrected chi connectivity index (χ0v) is 15.9. The Morgan fingerprint density at radius 2 is 1.96 bits per heavy atom. The average Bonchev–Trinajstić information content (AvgIpc) is 2.87. The fourth-order valence-corrected chi connectivity index (χ4v) is 4.51. The molecular weight excluding hydrogens is 312 g/mol. The van der Waals surface area contributed by atoms with Crippen molar-refractivity contribution in [2.45, 2.75) is 52.4 Å². The first-order valence-corrected chi connectivity index (χ1v) is 9.53. The third-order valence-electron chi connectivity index (χ3n) is 5.89. The quantitative estimate of drug-likeness (QED) is 0.914. The number of hydrogen-bond acceptors (Lipinski definition) is 5. The molecule has 2 aliphatic rings. The van der Waals surface area contributed by atoms with Crippen molar-refractivity contribution < 1.29 is 0 Å². The summed E-state index contributed by atoms with van der Waals surface area (Å²) in [5.41, 5.74) is 5.26. The molecule has 1 fully saturated rings. The molecule has 6 nitrogen and oxygen atoms in total. The van der Waals surface area contributed by atoms with Gasteiger partial charge in [-0.25, -0.2) is 9.97 Å². The van der Waals surface area contributed by atoms with E-state index in [9.17, 15) is 0 Å². The van der Waals surface area contributed by atoms with Crippen LogP contribution in [0.5, 0.6) is 0 Å². The van der Waals surface area contributed by atoms with Crippen molar-refractivity contribution >= 4 is 11.0 Å². The normalized spacial score (nSPS) is 25.4. The summed E-state index contributed by atoms with van der Waals surface area (Å²) in [6.07, 6.45) is 3.13. The molecule has 0 saturated carbocycles. The van der Waals surface area contributed by atoms with Crippen molar-refractivity contribution in [2.24, 2.45) is 0 Å². The van der Waals surface area contributed by atoms with E-state index in [2.05, 4.69) is 45.6 Å². The van der Waals surface area contributed by atoms with Crippen molar-refractivity contribution in [3.63, 3.8) is 0 Å². The monoisotopic (exact) mass is 342 g/mol. The molecule has 0 radical (unpaired) electrons. The summed E-state index contributed by atoms with van der Waals surface area (Å²) in [5, 5.41) is 3.52. The summed E-state index contributed by atoms with van der Waals surface area (Å²) in [5.74, 6) is 0.866. The molecule has 2 aromatic rings. The van der Waals surface area contributed by atoms with Crippen LogP contribution in [0.2, 0.25) is 0 Å². The maximum Gasteiger partial charge on any atom is 0.126 e. The number of fused-ring (bicyclic) bond motifs is 3. The number of nitrogens with zero attached hydrogens (tertiary/aromatic N) is 5. The van der Waals surface area contributed by atoms with Gasteiger partial charge in [-0.05, 0) is 27.8 Å². The van der Waals surface area contributed by atoms with Crippen molar-refractivity contribution in [1.82, 2.24) is 29.7 Å². The number of hydrogen-bond donors (Lipinski definition) is 1. The van der Waals surface area contributed by atoms with Crippen LogP contribution in [0.1, 0.15) is 30.9 Å². The Morgan fingerprint density at radius 3 is 2.72 bits per heavy atom. The maximum absolute atomic E-state index is 4.79. The lowest BCUT2D eigenvalue weighted by molar-refractivity contribution is 0.112. The van der Waals surface area contributed by atoms with Gasteiger partial charge in [0, 0.05) is 69.0 Å². The second-order valence-electron chi connectivity index (χ2n) is 7.81. The summed E-state index contributed by atoms with van der Waals surface area (Å²) in [6.45, 7) is 13.0. The van der Waals surface area contributed by atoms with E-state index in [1.54, 1.807) is 0 Å². The average molecular weight is 342 g/mol. The zero-order valence-electron chi connectivity index (χ0n) is 15.9. The second kappa shape index (κ2) is 6.67. The molecule has 2 aromatic heterocycles. The summed E-state index contributed by atoms with van der Waals surface area (Å²) >= 11 is 0. The molecule has 0 aliphatic carbocycles. The largest absolute Gasteiger partial charge is 0.340 e. The molecule has 0 aromatic carbocycles. The molecule has 4 heterocycles. The summed E-state index contributed by atoms with van der Waals surface area (Å²) in [6, 6.07) is 1.18. The van der Waals surface area contributed by atoms with Crippen LogP contribution in [0.3, 0.4) is 0 Å². The molecule has 136 valence electrons. The van der Waals surface area contributed by atoms with Crippen LogP contribution < -0.4 is 5.32 Å². The van der Waals surface area contributed by atoms with Crippen LogP contribution in [-0.4, -0.2) is 69.6 Å². The number of nitrogens with one attached hydrogen (secondary N) is 1. The fraction of sp³-hybridized carbons (Fsp3) is 0.684. The second-order valence-corrected chi connectivity index (χ2v) is 7.81. The van der Waals surface area contributed by atoms with E-state index < -0.39 is 0 Å². The number of likely N-dealkylation sites (N-methyl/N-ethyl adjacent to an activating group) is 1. The lowest BCUT2D eigenvalue weighted by Gasteiger charge is -2.39. The van der Waals surface area contributed by atoms with E-state index in [1.807, 2.05) is 13.1 Å². The van der Waals surface area contributed by atoms with E-state index in [-0.39, 0.29) is 0 Å². The highest BCUT2D eigenvalue weighted by Crippen LogP contribution is 2.29. The first kappa shape index (κ1) is 16.9. The molecule has 0 spiro atoms. The molecule has 6 heteroatoms. The predicted octanol–water partition coefficient (Wildman–Crippen LogP) is 1.41. The van der Waals surface area contributed by atoms with Gasteiger partial charge in [0.2, 0.25) is 0 Å². The molecule has 2 atom stereocenters. The lowest BCUT2D eigenvalue weighted by atomic mass is 10.1. The number of piperazine rings is 1. The molecule has 25 heavy (non-hydrogen) atoms. The van der Waals surface area contributed by atoms with Crippen LogP contribution >= 0.6 is 0 Å². The summed E-state index contributed by atoms with van der Waals surface area (Å²) in [4.78, 5) is 14.3. The zero-order chi connectivity index (χ0) is 17.6. The maximum atomic E-state index is 4.79. The van der Waals surface area contributed by atoms with E-state index >= 15 is 0 Å². The Kier molecular flexibility index (Phi) is 4.52. The van der Waals surface area contributed by atoms with Gasteiger partial charge in [0.15, 0.2) is 0 Å². The molecule has 1 N–H and O–H groups in total. The fourth-order valence-electron chi connectivity index (χ4n) is 4.51. The van der Waals surface area contributed by atoms with Gasteiger partial charge in [-0.15, -0.1) is 0 Å². The number of rotatable bonds is 3. The molecule has 2 aliphatic heterocycles. The third kappa shape index (κ3) is 3.07. The van der Waals surface area contributed by atoms with Gasteiger partial charge in [-0.1, -0.05) is 0 Å². The highest BCUT2D eigenvalue weighted by Gasteiger charge is 2.27. The van der Waals surface area contributed by atoms with E-state index in [0.29, 0.717) is 12.1 Å². The smallest absolute Gasteiger partial charge is 0.126 e. The highest BCUT2D eigenvalue weighted by molar-refractivity contribution is 5.81. The van der Waals surface area contributed by atoms with E-state index in [0.717, 1.165) is 57.0 Å².